The third kappa shape index (κ3) is 3.41. The molecule has 2 N–H and O–H groups in total. The summed E-state index contributed by atoms with van der Waals surface area (Å²) < 4.78 is 14.8. The van der Waals surface area contributed by atoms with E-state index in [9.17, 15) is 14.0 Å². The molecule has 0 bridgehead atoms. The second kappa shape index (κ2) is 6.85. The van der Waals surface area contributed by atoms with Crippen LogP contribution in [0.15, 0.2) is 54.7 Å². The average Bonchev–Trinajstić information content (AvgIpc) is 3.05. The van der Waals surface area contributed by atoms with Crippen LogP contribution in [0.25, 0.3) is 11.1 Å². The Bertz CT molecular complexity index is 1030. The van der Waals surface area contributed by atoms with E-state index in [0.717, 1.165) is 5.56 Å². The summed E-state index contributed by atoms with van der Waals surface area (Å²) in [7, 11) is 0. The number of carbonyl (C=O) groups excluding carboxylic acids is 2. The normalized spacial score (nSPS) is 15.8. The highest BCUT2D eigenvalue weighted by Crippen LogP contribution is 2.34. The van der Waals surface area contributed by atoms with E-state index in [1.165, 1.54) is 22.9 Å². The first-order valence-electron chi connectivity index (χ1n) is 8.21. The minimum atomic E-state index is -0.835. The zero-order valence-electron chi connectivity index (χ0n) is 13.9. The fourth-order valence-electron chi connectivity index (χ4n) is 3.00. The maximum atomic E-state index is 13.3. The fraction of sp³-hybridized carbons (Fsp3) is 0.105. The summed E-state index contributed by atoms with van der Waals surface area (Å²) in [6.45, 7) is 0. The summed E-state index contributed by atoms with van der Waals surface area (Å²) in [4.78, 5) is 24.9. The number of rotatable bonds is 3. The summed E-state index contributed by atoms with van der Waals surface area (Å²) in [5.74, 6) is -0.757. The molecule has 1 aliphatic heterocycles. The van der Waals surface area contributed by atoms with Crippen molar-refractivity contribution in [3.05, 3.63) is 65.6 Å². The van der Waals surface area contributed by atoms with Crippen molar-refractivity contribution in [2.45, 2.75) is 12.5 Å². The SMILES string of the molecule is O=C1C[C@H](C(=O)Nc2cccc(F)c2)n2ncc(-c3ccc(Cl)cc3)c2N1. The van der Waals surface area contributed by atoms with Crippen molar-refractivity contribution >= 4 is 34.9 Å². The predicted molar refractivity (Wildman–Crippen MR) is 100.0 cm³/mol. The monoisotopic (exact) mass is 384 g/mol. The molecule has 0 saturated heterocycles. The van der Waals surface area contributed by atoms with Crippen LogP contribution in [0, 0.1) is 5.82 Å². The minimum Gasteiger partial charge on any atom is -0.324 e. The van der Waals surface area contributed by atoms with Gasteiger partial charge < -0.3 is 10.6 Å². The van der Waals surface area contributed by atoms with Crippen molar-refractivity contribution in [2.24, 2.45) is 0 Å². The number of nitrogens with one attached hydrogen (secondary N) is 2. The van der Waals surface area contributed by atoms with E-state index in [-0.39, 0.29) is 12.3 Å². The van der Waals surface area contributed by atoms with Gasteiger partial charge in [-0.2, -0.15) is 5.10 Å². The fourth-order valence-corrected chi connectivity index (χ4v) is 3.13. The molecule has 1 aromatic heterocycles. The predicted octanol–water partition coefficient (Wildman–Crippen LogP) is 3.86. The third-order valence-corrected chi connectivity index (χ3v) is 4.53. The van der Waals surface area contributed by atoms with Crippen molar-refractivity contribution < 1.29 is 14.0 Å². The van der Waals surface area contributed by atoms with Gasteiger partial charge in [-0.3, -0.25) is 9.59 Å². The summed E-state index contributed by atoms with van der Waals surface area (Å²) >= 11 is 5.92. The number of hydrogen-bond acceptors (Lipinski definition) is 3. The maximum Gasteiger partial charge on any atom is 0.249 e. The smallest absolute Gasteiger partial charge is 0.249 e. The number of amides is 2. The lowest BCUT2D eigenvalue weighted by Gasteiger charge is -2.24. The lowest BCUT2D eigenvalue weighted by Crippen LogP contribution is -2.35. The first-order chi connectivity index (χ1) is 13.0. The Labute approximate surface area is 158 Å². The minimum absolute atomic E-state index is 0.0596. The molecule has 1 atom stereocenters. The molecule has 6 nitrogen and oxygen atoms in total. The summed E-state index contributed by atoms with van der Waals surface area (Å²) in [6.07, 6.45) is 1.53. The van der Waals surface area contributed by atoms with Crippen LogP contribution in [0.5, 0.6) is 0 Å². The van der Waals surface area contributed by atoms with Crippen LogP contribution in [-0.2, 0) is 9.59 Å². The highest BCUT2D eigenvalue weighted by molar-refractivity contribution is 6.30. The van der Waals surface area contributed by atoms with E-state index in [1.54, 1.807) is 24.4 Å². The van der Waals surface area contributed by atoms with Crippen LogP contribution in [0.1, 0.15) is 12.5 Å². The molecule has 2 amide bonds. The number of fused-ring (bicyclic) bond motifs is 1. The Hall–Kier alpha value is -3.19. The molecule has 4 rings (SSSR count). The van der Waals surface area contributed by atoms with Gasteiger partial charge in [-0.15, -0.1) is 0 Å². The van der Waals surface area contributed by atoms with Crippen LogP contribution >= 0.6 is 11.6 Å². The van der Waals surface area contributed by atoms with Gasteiger partial charge in [0.2, 0.25) is 11.8 Å². The number of benzene rings is 2. The van der Waals surface area contributed by atoms with Crippen LogP contribution < -0.4 is 10.6 Å². The number of anilines is 2. The van der Waals surface area contributed by atoms with Gasteiger partial charge >= 0.3 is 0 Å². The lowest BCUT2D eigenvalue weighted by atomic mass is 10.1. The molecule has 8 heteroatoms. The Morgan fingerprint density at radius 2 is 2.04 bits per heavy atom. The first-order valence-corrected chi connectivity index (χ1v) is 8.59. The zero-order valence-corrected chi connectivity index (χ0v) is 14.7. The quantitative estimate of drug-likeness (QED) is 0.719. The topological polar surface area (TPSA) is 76.0 Å². The number of halogens is 2. The molecule has 136 valence electrons. The average molecular weight is 385 g/mol. The summed E-state index contributed by atoms with van der Waals surface area (Å²) in [5.41, 5.74) is 1.81. The highest BCUT2D eigenvalue weighted by Gasteiger charge is 2.33. The van der Waals surface area contributed by atoms with E-state index in [4.69, 9.17) is 11.6 Å². The molecule has 2 aromatic carbocycles. The van der Waals surface area contributed by atoms with Crippen molar-refractivity contribution in [3.63, 3.8) is 0 Å². The van der Waals surface area contributed by atoms with Crippen LogP contribution in [-0.4, -0.2) is 21.6 Å². The molecular formula is C19H14ClFN4O2. The molecule has 0 aliphatic carbocycles. The first kappa shape index (κ1) is 17.2. The standard InChI is InChI=1S/C19H14ClFN4O2/c20-12-6-4-11(5-7-12)15-10-22-25-16(9-17(26)24-18(15)25)19(27)23-14-3-1-2-13(21)8-14/h1-8,10,16H,9H2,(H,23,27)(H,24,26)/t16-/m1/s1. The van der Waals surface area contributed by atoms with Gasteiger partial charge in [-0.1, -0.05) is 29.8 Å². The van der Waals surface area contributed by atoms with E-state index in [1.807, 2.05) is 12.1 Å². The molecule has 27 heavy (non-hydrogen) atoms. The second-order valence-electron chi connectivity index (χ2n) is 6.13. The number of aromatic nitrogens is 2. The molecule has 0 unspecified atom stereocenters. The van der Waals surface area contributed by atoms with E-state index in [0.29, 0.717) is 22.1 Å². The number of hydrogen-bond donors (Lipinski definition) is 2. The van der Waals surface area contributed by atoms with Crippen LogP contribution in [0.4, 0.5) is 15.9 Å². The summed E-state index contributed by atoms with van der Waals surface area (Å²) in [5, 5.41) is 10.3. The van der Waals surface area contributed by atoms with Gasteiger partial charge in [0.25, 0.3) is 0 Å². The molecule has 1 aliphatic rings. The van der Waals surface area contributed by atoms with Crippen molar-refractivity contribution in [3.8, 4) is 11.1 Å². The van der Waals surface area contributed by atoms with Gasteiger partial charge in [0, 0.05) is 16.3 Å². The second-order valence-corrected chi connectivity index (χ2v) is 6.56. The van der Waals surface area contributed by atoms with Gasteiger partial charge in [0.15, 0.2) is 0 Å². The van der Waals surface area contributed by atoms with Gasteiger partial charge in [-0.05, 0) is 35.9 Å². The van der Waals surface area contributed by atoms with Crippen molar-refractivity contribution in [1.82, 2.24) is 9.78 Å². The third-order valence-electron chi connectivity index (χ3n) is 4.28. The molecule has 0 fully saturated rings. The zero-order chi connectivity index (χ0) is 19.0. The Morgan fingerprint density at radius 3 is 2.78 bits per heavy atom. The van der Waals surface area contributed by atoms with Crippen molar-refractivity contribution in [2.75, 3.05) is 10.6 Å². The number of carbonyl (C=O) groups is 2. The van der Waals surface area contributed by atoms with Gasteiger partial charge in [0.1, 0.15) is 17.7 Å². The lowest BCUT2D eigenvalue weighted by molar-refractivity contribution is -0.125. The Balaban J connectivity index is 1.66. The molecular weight excluding hydrogens is 371 g/mol. The number of nitrogens with zero attached hydrogens (tertiary/aromatic N) is 2. The molecule has 0 radical (unpaired) electrons. The largest absolute Gasteiger partial charge is 0.324 e. The van der Waals surface area contributed by atoms with Crippen LogP contribution in [0.3, 0.4) is 0 Å². The van der Waals surface area contributed by atoms with Crippen LogP contribution in [0.2, 0.25) is 5.02 Å². The molecule has 0 saturated carbocycles. The maximum absolute atomic E-state index is 13.3. The van der Waals surface area contributed by atoms with Gasteiger partial charge in [-0.25, -0.2) is 9.07 Å². The molecule has 3 aromatic rings. The highest BCUT2D eigenvalue weighted by atomic mass is 35.5. The Kier molecular flexibility index (Phi) is 4.37. The van der Waals surface area contributed by atoms with E-state index < -0.39 is 17.8 Å². The van der Waals surface area contributed by atoms with Gasteiger partial charge in [0.05, 0.1) is 12.6 Å². The summed E-state index contributed by atoms with van der Waals surface area (Å²) in [6, 6.07) is 11.8. The Morgan fingerprint density at radius 1 is 1.26 bits per heavy atom. The molecule has 0 spiro atoms. The van der Waals surface area contributed by atoms with E-state index in [2.05, 4.69) is 15.7 Å². The van der Waals surface area contributed by atoms with Crippen molar-refractivity contribution in [1.29, 1.82) is 0 Å². The van der Waals surface area contributed by atoms with E-state index >= 15 is 0 Å². The molecule has 2 heterocycles.